The van der Waals surface area contributed by atoms with Crippen LogP contribution in [0.4, 0.5) is 22.1 Å². The first-order valence-corrected chi connectivity index (χ1v) is 13.9. The number of pyridine rings is 1. The van der Waals surface area contributed by atoms with E-state index in [4.69, 9.17) is 9.72 Å². The Bertz CT molecular complexity index is 1510. The molecule has 4 aromatic rings. The highest BCUT2D eigenvalue weighted by atomic mass is 32.2. The molecule has 1 fully saturated rings. The first kappa shape index (κ1) is 25.4. The lowest BCUT2D eigenvalue weighted by molar-refractivity contribution is 0.122. The van der Waals surface area contributed by atoms with Gasteiger partial charge in [0, 0.05) is 48.0 Å². The number of carbonyl (C=O) groups is 1. The number of ether oxygens (including phenoxy) is 1. The Morgan fingerprint density at radius 3 is 2.39 bits per heavy atom. The van der Waals surface area contributed by atoms with Crippen molar-refractivity contribution in [3.8, 4) is 22.5 Å². The molecule has 2 aromatic heterocycles. The molecule has 0 atom stereocenters. The summed E-state index contributed by atoms with van der Waals surface area (Å²) in [5.41, 5.74) is 4.47. The SMILES string of the molecule is CCS(=O)(=O)c1ccc(NC(=O)Nc2cccc(-c3nc(N4CCOCC4)[nH]c3-c3ccncc3)c2)cc1. The maximum Gasteiger partial charge on any atom is 0.323 e. The summed E-state index contributed by atoms with van der Waals surface area (Å²) in [5, 5.41) is 5.58. The highest BCUT2D eigenvalue weighted by Crippen LogP contribution is 2.33. The summed E-state index contributed by atoms with van der Waals surface area (Å²) in [7, 11) is -3.30. The average Bonchev–Trinajstić information content (AvgIpc) is 3.40. The molecule has 3 N–H and O–H groups in total. The minimum Gasteiger partial charge on any atom is -0.378 e. The predicted molar refractivity (Wildman–Crippen MR) is 147 cm³/mol. The van der Waals surface area contributed by atoms with Crippen molar-refractivity contribution in [2.75, 3.05) is 47.6 Å². The smallest absolute Gasteiger partial charge is 0.323 e. The van der Waals surface area contributed by atoms with Crippen LogP contribution in [0.2, 0.25) is 0 Å². The number of amides is 2. The number of rotatable bonds is 7. The predicted octanol–water partition coefficient (Wildman–Crippen LogP) is 4.41. The molecular weight excluding hydrogens is 504 g/mol. The van der Waals surface area contributed by atoms with E-state index in [9.17, 15) is 13.2 Å². The second-order valence-corrected chi connectivity index (χ2v) is 11.0. The summed E-state index contributed by atoms with van der Waals surface area (Å²) in [6, 6.07) is 17.0. The fourth-order valence-corrected chi connectivity index (χ4v) is 5.06. The number of nitrogens with one attached hydrogen (secondary N) is 3. The van der Waals surface area contributed by atoms with Gasteiger partial charge in [0.1, 0.15) is 0 Å². The zero-order chi connectivity index (χ0) is 26.5. The van der Waals surface area contributed by atoms with Crippen LogP contribution in [-0.2, 0) is 14.6 Å². The number of benzene rings is 2. The van der Waals surface area contributed by atoms with Gasteiger partial charge in [-0.25, -0.2) is 18.2 Å². The van der Waals surface area contributed by atoms with Crippen molar-refractivity contribution in [1.82, 2.24) is 15.0 Å². The van der Waals surface area contributed by atoms with E-state index in [0.29, 0.717) is 24.6 Å². The van der Waals surface area contributed by atoms with Crippen molar-refractivity contribution in [2.24, 2.45) is 0 Å². The number of sulfone groups is 1. The Kier molecular flexibility index (Phi) is 7.38. The van der Waals surface area contributed by atoms with E-state index in [1.54, 1.807) is 37.5 Å². The Hall–Kier alpha value is -4.22. The number of carbonyl (C=O) groups excluding carboxylic acids is 1. The van der Waals surface area contributed by atoms with E-state index < -0.39 is 15.9 Å². The topological polar surface area (TPSA) is 129 Å². The second kappa shape index (κ2) is 11.0. The van der Waals surface area contributed by atoms with Crippen LogP contribution in [0.5, 0.6) is 0 Å². The van der Waals surface area contributed by atoms with Gasteiger partial charge in [0.15, 0.2) is 9.84 Å². The van der Waals surface area contributed by atoms with Crippen molar-refractivity contribution in [3.63, 3.8) is 0 Å². The summed E-state index contributed by atoms with van der Waals surface area (Å²) >= 11 is 0. The zero-order valence-corrected chi connectivity index (χ0v) is 21.7. The molecular formula is C27H28N6O4S. The summed E-state index contributed by atoms with van der Waals surface area (Å²) in [4.78, 5) is 27.6. The maximum atomic E-state index is 12.7. The normalized spacial score (nSPS) is 13.8. The summed E-state index contributed by atoms with van der Waals surface area (Å²) in [5.74, 6) is 0.781. The molecule has 38 heavy (non-hydrogen) atoms. The van der Waals surface area contributed by atoms with Gasteiger partial charge in [0.25, 0.3) is 0 Å². The molecule has 0 spiro atoms. The van der Waals surface area contributed by atoms with Crippen molar-refractivity contribution in [1.29, 1.82) is 0 Å². The molecule has 10 nitrogen and oxygen atoms in total. The van der Waals surface area contributed by atoms with Crippen LogP contribution in [-0.4, -0.2) is 61.5 Å². The number of aromatic nitrogens is 3. The molecule has 1 saturated heterocycles. The number of imidazole rings is 1. The largest absolute Gasteiger partial charge is 0.378 e. The highest BCUT2D eigenvalue weighted by molar-refractivity contribution is 7.91. The third-order valence-electron chi connectivity index (χ3n) is 6.22. The maximum absolute atomic E-state index is 12.7. The monoisotopic (exact) mass is 532 g/mol. The van der Waals surface area contributed by atoms with Crippen molar-refractivity contribution >= 4 is 33.2 Å². The molecule has 5 rings (SSSR count). The van der Waals surface area contributed by atoms with Crippen molar-refractivity contribution in [2.45, 2.75) is 11.8 Å². The molecule has 0 radical (unpaired) electrons. The van der Waals surface area contributed by atoms with E-state index in [1.807, 2.05) is 30.3 Å². The van der Waals surface area contributed by atoms with Gasteiger partial charge in [0.05, 0.1) is 35.2 Å². The first-order chi connectivity index (χ1) is 18.4. The van der Waals surface area contributed by atoms with Crippen LogP contribution in [0, 0.1) is 0 Å². The van der Waals surface area contributed by atoms with Gasteiger partial charge >= 0.3 is 6.03 Å². The molecule has 196 valence electrons. The van der Waals surface area contributed by atoms with Gasteiger partial charge in [-0.05, 0) is 48.5 Å². The fraction of sp³-hybridized carbons (Fsp3) is 0.222. The van der Waals surface area contributed by atoms with E-state index >= 15 is 0 Å². The zero-order valence-electron chi connectivity index (χ0n) is 20.8. The summed E-state index contributed by atoms with van der Waals surface area (Å²) in [6.07, 6.45) is 3.47. The third kappa shape index (κ3) is 5.68. The number of H-pyrrole nitrogens is 1. The minimum atomic E-state index is -3.30. The van der Waals surface area contributed by atoms with E-state index in [-0.39, 0.29) is 10.6 Å². The van der Waals surface area contributed by atoms with Gasteiger partial charge in [-0.3, -0.25) is 4.98 Å². The number of nitrogens with zero attached hydrogens (tertiary/aromatic N) is 3. The van der Waals surface area contributed by atoms with Crippen LogP contribution < -0.4 is 15.5 Å². The number of morpholine rings is 1. The van der Waals surface area contributed by atoms with Crippen LogP contribution in [0.15, 0.2) is 78.0 Å². The van der Waals surface area contributed by atoms with E-state index in [0.717, 1.165) is 41.6 Å². The first-order valence-electron chi connectivity index (χ1n) is 12.3. The van der Waals surface area contributed by atoms with Gasteiger partial charge < -0.3 is 25.3 Å². The Morgan fingerprint density at radius 2 is 1.68 bits per heavy atom. The lowest BCUT2D eigenvalue weighted by Gasteiger charge is -2.26. The average molecular weight is 533 g/mol. The Labute approximate surface area is 221 Å². The standard InChI is InChI=1S/C27H28N6O4S/c1-2-38(35,36)23-8-6-21(7-9-23)29-27(34)30-22-5-3-4-20(18-22)25-24(19-10-12-28-13-11-19)31-26(32-25)33-14-16-37-17-15-33/h3-13,18H,2,14-17H2,1H3,(H,31,32)(H2,29,30,34). The summed E-state index contributed by atoms with van der Waals surface area (Å²) in [6.45, 7) is 4.37. The minimum absolute atomic E-state index is 0.0173. The molecule has 11 heteroatoms. The second-order valence-electron chi connectivity index (χ2n) is 8.71. The van der Waals surface area contributed by atoms with Gasteiger partial charge in [-0.2, -0.15) is 0 Å². The van der Waals surface area contributed by atoms with E-state index in [2.05, 4.69) is 25.5 Å². The Balaban J connectivity index is 1.37. The molecule has 0 saturated carbocycles. The van der Waals surface area contributed by atoms with Crippen molar-refractivity contribution < 1.29 is 17.9 Å². The number of aromatic amines is 1. The molecule has 1 aliphatic heterocycles. The van der Waals surface area contributed by atoms with Gasteiger partial charge in [-0.1, -0.05) is 19.1 Å². The molecule has 0 aliphatic carbocycles. The third-order valence-corrected chi connectivity index (χ3v) is 7.97. The molecule has 2 amide bonds. The van der Waals surface area contributed by atoms with Gasteiger partial charge in [-0.15, -0.1) is 0 Å². The molecule has 0 bridgehead atoms. The number of hydrogen-bond donors (Lipinski definition) is 3. The fourth-order valence-electron chi connectivity index (χ4n) is 4.17. The summed E-state index contributed by atoms with van der Waals surface area (Å²) < 4.78 is 29.5. The Morgan fingerprint density at radius 1 is 0.974 bits per heavy atom. The van der Waals surface area contributed by atoms with Crippen LogP contribution >= 0.6 is 0 Å². The van der Waals surface area contributed by atoms with Crippen molar-refractivity contribution in [3.05, 3.63) is 73.1 Å². The molecule has 3 heterocycles. The lowest BCUT2D eigenvalue weighted by Crippen LogP contribution is -2.36. The highest BCUT2D eigenvalue weighted by Gasteiger charge is 2.20. The molecule has 1 aliphatic rings. The quantitative estimate of drug-likeness (QED) is 0.321. The molecule has 2 aromatic carbocycles. The lowest BCUT2D eigenvalue weighted by atomic mass is 10.1. The van der Waals surface area contributed by atoms with Crippen LogP contribution in [0.1, 0.15) is 6.92 Å². The number of anilines is 3. The molecule has 0 unspecified atom stereocenters. The van der Waals surface area contributed by atoms with E-state index in [1.165, 1.54) is 12.1 Å². The number of urea groups is 1. The number of hydrogen-bond acceptors (Lipinski definition) is 7. The van der Waals surface area contributed by atoms with Gasteiger partial charge in [0.2, 0.25) is 5.95 Å². The van der Waals surface area contributed by atoms with Crippen LogP contribution in [0.25, 0.3) is 22.5 Å². The van der Waals surface area contributed by atoms with Crippen LogP contribution in [0.3, 0.4) is 0 Å².